The molecule has 0 saturated carbocycles. The summed E-state index contributed by atoms with van der Waals surface area (Å²) in [6.45, 7) is 4.83. The van der Waals surface area contributed by atoms with E-state index in [1.54, 1.807) is 0 Å². The van der Waals surface area contributed by atoms with Gasteiger partial charge in [0.2, 0.25) is 0 Å². The molecule has 0 spiro atoms. The van der Waals surface area contributed by atoms with Gasteiger partial charge in [0.25, 0.3) is 0 Å². The molecule has 0 unspecified atom stereocenters. The van der Waals surface area contributed by atoms with Gasteiger partial charge in [-0.1, -0.05) is 146 Å². The molecular weight excluding hydrogens is 825 g/mol. The minimum Gasteiger partial charge on any atom is -0.341 e. The molecule has 3 aliphatic rings. The van der Waals surface area contributed by atoms with Crippen molar-refractivity contribution in [3.05, 3.63) is 236 Å². The Balaban J connectivity index is 1.12. The van der Waals surface area contributed by atoms with Crippen LogP contribution in [0.3, 0.4) is 0 Å². The van der Waals surface area contributed by atoms with E-state index in [-0.39, 0.29) is 0 Å². The predicted molar refractivity (Wildman–Crippen MR) is 289 cm³/mol. The van der Waals surface area contributed by atoms with Gasteiger partial charge >= 0.3 is 0 Å². The Morgan fingerprint density at radius 1 is 0.294 bits per heavy atom. The number of hydrogen-bond donors (Lipinski definition) is 0. The van der Waals surface area contributed by atoms with Gasteiger partial charge < -0.3 is 19.6 Å². The van der Waals surface area contributed by atoms with Gasteiger partial charge in [0.05, 0.1) is 45.5 Å². The molecule has 0 saturated heterocycles. The van der Waals surface area contributed by atoms with E-state index in [9.17, 15) is 0 Å². The first-order valence-electron chi connectivity index (χ1n) is 23.4. The molecule has 2 heterocycles. The second kappa shape index (κ2) is 14.6. The summed E-state index contributed by atoms with van der Waals surface area (Å²) in [5.41, 5.74) is 22.1. The number of para-hydroxylation sites is 8. The first kappa shape index (κ1) is 38.4. The molecule has 4 heteroatoms. The van der Waals surface area contributed by atoms with Crippen LogP contribution < -0.4 is 19.6 Å². The number of fused-ring (bicyclic) bond motifs is 10. The summed E-state index contributed by atoms with van der Waals surface area (Å²) >= 11 is 0. The minimum absolute atomic E-state index is 1.06. The lowest BCUT2D eigenvalue weighted by molar-refractivity contribution is 1.13. The fraction of sp³-hybridized carbons (Fsp3) is 0.0312. The molecule has 0 aromatic heterocycles. The van der Waals surface area contributed by atoms with E-state index in [1.807, 2.05) is 0 Å². The molecule has 2 aliphatic heterocycles. The van der Waals surface area contributed by atoms with Crippen molar-refractivity contribution in [2.75, 3.05) is 33.7 Å². The number of anilines is 10. The van der Waals surface area contributed by atoms with Gasteiger partial charge in [-0.25, -0.2) is 0 Å². The van der Waals surface area contributed by atoms with Crippen LogP contribution in [0.25, 0.3) is 71.3 Å². The lowest BCUT2D eigenvalue weighted by Gasteiger charge is -2.39. The molecule has 11 aromatic carbocycles. The van der Waals surface area contributed by atoms with Crippen LogP contribution in [0, 0.1) is 0 Å². The quantitative estimate of drug-likeness (QED) is 0.163. The van der Waals surface area contributed by atoms with Crippen LogP contribution in [-0.4, -0.2) is 14.1 Å². The minimum atomic E-state index is 1.06. The summed E-state index contributed by atoms with van der Waals surface area (Å²) in [6.07, 6.45) is 0. The maximum atomic E-state index is 4.83. The molecule has 0 radical (unpaired) electrons. The van der Waals surface area contributed by atoms with Crippen LogP contribution in [0.1, 0.15) is 11.1 Å². The van der Waals surface area contributed by atoms with Crippen molar-refractivity contribution in [1.82, 2.24) is 0 Å². The monoisotopic (exact) mass is 868 g/mol. The van der Waals surface area contributed by atoms with Crippen LogP contribution >= 0.6 is 0 Å². The van der Waals surface area contributed by atoms with Gasteiger partial charge in [-0.3, -0.25) is 0 Å². The maximum Gasteiger partial charge on any atom is 0.0699 e. The second-order valence-corrected chi connectivity index (χ2v) is 18.3. The average Bonchev–Trinajstić information content (AvgIpc) is 3.69. The van der Waals surface area contributed by atoms with Crippen molar-refractivity contribution in [2.45, 2.75) is 0 Å². The van der Waals surface area contributed by atoms with Gasteiger partial charge in [-0.15, -0.1) is 0 Å². The number of rotatable bonds is 4. The van der Waals surface area contributed by atoms with Gasteiger partial charge in [0, 0.05) is 25.5 Å². The zero-order valence-corrected chi connectivity index (χ0v) is 37.8. The molecule has 0 amide bonds. The highest BCUT2D eigenvalue weighted by molar-refractivity contribution is 6.25. The first-order valence-corrected chi connectivity index (χ1v) is 23.4. The highest BCUT2D eigenvalue weighted by Gasteiger charge is 2.32. The smallest absolute Gasteiger partial charge is 0.0699 e. The number of hydrogen-bond acceptors (Lipinski definition) is 4. The summed E-state index contributed by atoms with van der Waals surface area (Å²) in [5, 5.41) is 7.19. The van der Waals surface area contributed by atoms with Crippen molar-refractivity contribution in [3.63, 3.8) is 0 Å². The van der Waals surface area contributed by atoms with E-state index in [0.717, 1.165) is 62.4 Å². The van der Waals surface area contributed by atoms with E-state index >= 15 is 0 Å². The Labute approximate surface area is 396 Å². The largest absolute Gasteiger partial charge is 0.341 e. The van der Waals surface area contributed by atoms with Crippen molar-refractivity contribution in [3.8, 4) is 33.4 Å². The van der Waals surface area contributed by atoms with Gasteiger partial charge in [0.1, 0.15) is 0 Å². The van der Waals surface area contributed by atoms with Crippen LogP contribution in [0.4, 0.5) is 56.9 Å². The molecule has 0 bridgehead atoms. The van der Waals surface area contributed by atoms with Gasteiger partial charge in [-0.2, -0.15) is 0 Å². The van der Waals surface area contributed by atoms with Crippen molar-refractivity contribution >= 4 is 94.8 Å². The maximum absolute atomic E-state index is 4.83. The molecule has 11 aromatic rings. The fourth-order valence-corrected chi connectivity index (χ4v) is 11.7. The first-order chi connectivity index (χ1) is 33.5. The molecule has 14 rings (SSSR count). The van der Waals surface area contributed by atoms with Crippen LogP contribution in [0.2, 0.25) is 0 Å². The Hall–Kier alpha value is -8.86. The Bertz CT molecular complexity index is 3860. The molecule has 4 nitrogen and oxygen atoms in total. The number of benzene rings is 11. The highest BCUT2D eigenvalue weighted by atomic mass is 15.3. The van der Waals surface area contributed by atoms with E-state index in [2.05, 4.69) is 252 Å². The molecule has 0 fully saturated rings. The van der Waals surface area contributed by atoms with Crippen molar-refractivity contribution in [1.29, 1.82) is 0 Å². The van der Waals surface area contributed by atoms with Gasteiger partial charge in [0.15, 0.2) is 0 Å². The van der Waals surface area contributed by atoms with E-state index in [0.29, 0.717) is 0 Å². The van der Waals surface area contributed by atoms with E-state index < -0.39 is 0 Å². The average molecular weight is 869 g/mol. The van der Waals surface area contributed by atoms with Crippen LogP contribution in [0.15, 0.2) is 225 Å². The molecule has 0 N–H and O–H groups in total. The molecular formula is C64H44N4. The topological polar surface area (TPSA) is 13.0 Å². The molecule has 320 valence electrons. The Morgan fingerprint density at radius 2 is 0.721 bits per heavy atom. The number of nitrogens with zero attached hydrogens (tertiary/aromatic N) is 4. The normalized spacial score (nSPS) is 13.4. The summed E-state index contributed by atoms with van der Waals surface area (Å²) in [7, 11) is 4.34. The Morgan fingerprint density at radius 3 is 1.28 bits per heavy atom. The zero-order chi connectivity index (χ0) is 45.2. The predicted octanol–water partition coefficient (Wildman–Crippen LogP) is 17.6. The summed E-state index contributed by atoms with van der Waals surface area (Å²) in [6, 6.07) is 80.7. The van der Waals surface area contributed by atoms with E-state index in [4.69, 9.17) is 6.58 Å². The summed E-state index contributed by atoms with van der Waals surface area (Å²) in [5.74, 6) is 0. The van der Waals surface area contributed by atoms with Crippen LogP contribution in [-0.2, 0) is 0 Å². The lowest BCUT2D eigenvalue weighted by atomic mass is 9.82. The third kappa shape index (κ3) is 5.43. The van der Waals surface area contributed by atoms with Crippen molar-refractivity contribution in [2.24, 2.45) is 0 Å². The SMILES string of the molecule is C=C1c2ccccc2-c2cccc(-c3c4ccc(N5c6ccccc6N(C)c6ccccc65)cc4c(-c4ccc5ccccc5c4)c4ccc(N5c6ccccc6N(C)c6ccccc65)cc34)c21. The fourth-order valence-electron chi connectivity index (χ4n) is 11.7. The highest BCUT2D eigenvalue weighted by Crippen LogP contribution is 2.56. The third-order valence-corrected chi connectivity index (χ3v) is 14.8. The van der Waals surface area contributed by atoms with E-state index in [1.165, 1.54) is 76.8 Å². The molecule has 68 heavy (non-hydrogen) atoms. The Kier molecular flexibility index (Phi) is 8.23. The van der Waals surface area contributed by atoms with Crippen LogP contribution in [0.5, 0.6) is 0 Å². The summed E-state index contributed by atoms with van der Waals surface area (Å²) in [4.78, 5) is 9.51. The second-order valence-electron chi connectivity index (χ2n) is 18.3. The zero-order valence-electron chi connectivity index (χ0n) is 37.8. The van der Waals surface area contributed by atoms with Gasteiger partial charge in [-0.05, 0) is 161 Å². The molecule has 1 aliphatic carbocycles. The summed E-state index contributed by atoms with van der Waals surface area (Å²) < 4.78 is 0. The third-order valence-electron chi connectivity index (χ3n) is 14.8. The standard InChI is InChI=1S/C64H44N4/c1-40-46-19-6-7-20-47(46)48-21-16-22-51(62(40)48)64-50-36-34-44(67-58-27-12-8-23-54(58)65(2)55-24-9-13-28-59(55)67)38-52(50)63(43-32-31-41-17-4-5-18-42(41)37-43)49-35-33-45(39-53(49)64)68-60-29-14-10-25-56(60)66(3)57-26-11-15-30-61(57)68/h4-39H,1H2,2-3H3. The lowest BCUT2D eigenvalue weighted by Crippen LogP contribution is -2.24. The molecule has 0 atom stereocenters. The van der Waals surface area contributed by atoms with Crippen molar-refractivity contribution < 1.29 is 0 Å².